The van der Waals surface area contributed by atoms with Crippen LogP contribution in [0, 0.1) is 5.82 Å². The van der Waals surface area contributed by atoms with Crippen molar-refractivity contribution in [3.8, 4) is 5.75 Å². The van der Waals surface area contributed by atoms with Crippen LogP contribution >= 0.6 is 0 Å². The number of halogens is 1. The zero-order valence-electron chi connectivity index (χ0n) is 19.2. The number of primary amides is 1. The molecule has 0 radical (unpaired) electrons. The summed E-state index contributed by atoms with van der Waals surface area (Å²) in [6.45, 7) is 3.29. The zero-order valence-corrected chi connectivity index (χ0v) is 19.2. The van der Waals surface area contributed by atoms with Gasteiger partial charge in [-0.3, -0.25) is 4.79 Å². The molecule has 4 rings (SSSR count). The number of para-hydroxylation sites is 1. The lowest BCUT2D eigenvalue weighted by molar-refractivity contribution is 0.100. The van der Waals surface area contributed by atoms with E-state index >= 15 is 0 Å². The number of aliphatic hydroxyl groups excluding tert-OH is 1. The van der Waals surface area contributed by atoms with Crippen LogP contribution in [-0.4, -0.2) is 46.6 Å². The molecule has 0 bridgehead atoms. The van der Waals surface area contributed by atoms with Gasteiger partial charge in [0.25, 0.3) is 5.91 Å². The maximum absolute atomic E-state index is 14.6. The first-order valence-electron chi connectivity index (χ1n) is 10.8. The molecule has 0 aliphatic carbocycles. The molecule has 1 aromatic heterocycles. The number of likely N-dealkylation sites (N-methyl/N-ethyl adjacent to an activating group) is 1. The van der Waals surface area contributed by atoms with E-state index in [9.17, 15) is 14.3 Å². The number of aromatic nitrogens is 2. The molecule has 2 aromatic carbocycles. The zero-order chi connectivity index (χ0) is 24.4. The van der Waals surface area contributed by atoms with Crippen LogP contribution in [0.3, 0.4) is 0 Å². The third kappa shape index (κ3) is 4.78. The van der Waals surface area contributed by atoms with Crippen molar-refractivity contribution in [1.29, 1.82) is 0 Å². The minimum absolute atomic E-state index is 0.000881. The molecule has 1 aliphatic rings. The molecular weight excluding hydrogens is 439 g/mol. The quantitative estimate of drug-likeness (QED) is 0.418. The lowest BCUT2D eigenvalue weighted by Crippen LogP contribution is -2.26. The van der Waals surface area contributed by atoms with Gasteiger partial charge < -0.3 is 31.1 Å². The van der Waals surface area contributed by atoms with Crippen molar-refractivity contribution in [2.75, 3.05) is 31.3 Å². The van der Waals surface area contributed by atoms with E-state index < -0.39 is 17.8 Å². The van der Waals surface area contributed by atoms with Crippen molar-refractivity contribution >= 4 is 29.0 Å². The normalized spacial score (nSPS) is 14.3. The minimum atomic E-state index is -0.951. The number of benzene rings is 2. The van der Waals surface area contributed by atoms with E-state index in [4.69, 9.17) is 10.5 Å². The van der Waals surface area contributed by atoms with Crippen LogP contribution in [0.15, 0.2) is 36.5 Å². The number of hydrogen-bond acceptors (Lipinski definition) is 8. The Hall–Kier alpha value is -3.76. The number of nitrogens with zero attached hydrogens (tertiary/aromatic N) is 3. The van der Waals surface area contributed by atoms with Crippen molar-refractivity contribution < 1.29 is 19.0 Å². The molecule has 178 valence electrons. The molecule has 5 N–H and O–H groups in total. The number of aliphatic hydroxyl groups is 1. The number of carbonyl (C=O) groups excluding carboxylic acids is 1. The Morgan fingerprint density at radius 1 is 1.29 bits per heavy atom. The number of rotatable bonds is 7. The first kappa shape index (κ1) is 23.4. The first-order chi connectivity index (χ1) is 16.3. The van der Waals surface area contributed by atoms with Crippen molar-refractivity contribution in [2.24, 2.45) is 5.73 Å². The summed E-state index contributed by atoms with van der Waals surface area (Å²) in [5.74, 6) is -0.592. The van der Waals surface area contributed by atoms with Crippen molar-refractivity contribution in [1.82, 2.24) is 14.9 Å². The fourth-order valence-corrected chi connectivity index (χ4v) is 3.97. The summed E-state index contributed by atoms with van der Waals surface area (Å²) >= 11 is 0. The van der Waals surface area contributed by atoms with E-state index in [1.165, 1.54) is 30.8 Å². The van der Waals surface area contributed by atoms with Crippen LogP contribution in [0.5, 0.6) is 5.75 Å². The largest absolute Gasteiger partial charge is 0.495 e. The second kappa shape index (κ2) is 9.62. The van der Waals surface area contributed by atoms with Crippen LogP contribution in [0.1, 0.15) is 40.1 Å². The fourth-order valence-electron chi connectivity index (χ4n) is 3.97. The number of ether oxygens (including phenoxy) is 1. The number of hydrogen-bond donors (Lipinski definition) is 4. The average Bonchev–Trinajstić information content (AvgIpc) is 2.79. The van der Waals surface area contributed by atoms with Gasteiger partial charge in [-0.2, -0.15) is 4.98 Å². The predicted molar refractivity (Wildman–Crippen MR) is 127 cm³/mol. The average molecular weight is 467 g/mol. The smallest absolute Gasteiger partial charge is 0.254 e. The molecule has 0 saturated heterocycles. The molecule has 1 aliphatic heterocycles. The second-order valence-electron chi connectivity index (χ2n) is 8.26. The van der Waals surface area contributed by atoms with E-state index in [0.29, 0.717) is 17.0 Å². The third-order valence-electron chi connectivity index (χ3n) is 5.76. The van der Waals surface area contributed by atoms with Crippen molar-refractivity contribution in [3.05, 3.63) is 64.6 Å². The van der Waals surface area contributed by atoms with Gasteiger partial charge in [-0.25, -0.2) is 9.37 Å². The van der Waals surface area contributed by atoms with Gasteiger partial charge in [0, 0.05) is 24.8 Å². The number of nitrogens with one attached hydrogen (secondary N) is 2. The van der Waals surface area contributed by atoms with Crippen LogP contribution in [0.2, 0.25) is 0 Å². The molecule has 0 saturated carbocycles. The summed E-state index contributed by atoms with van der Waals surface area (Å²) in [5.41, 5.74) is 8.82. The molecule has 34 heavy (non-hydrogen) atoms. The predicted octanol–water partition coefficient (Wildman–Crippen LogP) is 3.25. The van der Waals surface area contributed by atoms with E-state index in [-0.39, 0.29) is 23.0 Å². The molecule has 0 spiro atoms. The van der Waals surface area contributed by atoms with E-state index in [1.807, 2.05) is 12.1 Å². The van der Waals surface area contributed by atoms with Gasteiger partial charge in [0.1, 0.15) is 22.9 Å². The lowest BCUT2D eigenvalue weighted by Gasteiger charge is -2.26. The van der Waals surface area contributed by atoms with Crippen LogP contribution in [0.4, 0.5) is 27.5 Å². The summed E-state index contributed by atoms with van der Waals surface area (Å²) < 4.78 is 20.2. The Kier molecular flexibility index (Phi) is 6.62. The summed E-state index contributed by atoms with van der Waals surface area (Å²) in [6, 6.07) is 8.30. The SMILES string of the molecule is COc1cc2c(cc1Nc1ncc(C(N)=O)c(Nc3c(F)cccc3C(C)O)n1)CN(C)CC2. The van der Waals surface area contributed by atoms with Gasteiger partial charge in [-0.15, -0.1) is 0 Å². The highest BCUT2D eigenvalue weighted by atomic mass is 19.1. The summed E-state index contributed by atoms with van der Waals surface area (Å²) in [7, 11) is 3.65. The minimum Gasteiger partial charge on any atom is -0.495 e. The third-order valence-corrected chi connectivity index (χ3v) is 5.76. The number of amides is 1. The molecule has 1 atom stereocenters. The fraction of sp³-hybridized carbons (Fsp3) is 0.292. The van der Waals surface area contributed by atoms with Gasteiger partial charge in [0.15, 0.2) is 0 Å². The number of nitrogens with two attached hydrogens (primary N) is 1. The van der Waals surface area contributed by atoms with Gasteiger partial charge in [-0.05, 0) is 49.7 Å². The van der Waals surface area contributed by atoms with Crippen molar-refractivity contribution in [3.63, 3.8) is 0 Å². The first-order valence-corrected chi connectivity index (χ1v) is 10.8. The van der Waals surface area contributed by atoms with Crippen LogP contribution in [-0.2, 0) is 13.0 Å². The standard InChI is InChI=1S/C24H27FN6O3/c1-13(32)16-5-4-6-18(25)21(16)29-23-17(22(26)33)11-27-24(30-23)28-19-9-15-12-31(2)8-7-14(15)10-20(19)34-3/h4-6,9-11,13,32H,7-8,12H2,1-3H3,(H2,26,33)(H2,27,28,29,30). The number of anilines is 4. The second-order valence-corrected chi connectivity index (χ2v) is 8.26. The highest BCUT2D eigenvalue weighted by molar-refractivity contribution is 5.98. The van der Waals surface area contributed by atoms with Crippen molar-refractivity contribution in [2.45, 2.75) is 26.0 Å². The number of fused-ring (bicyclic) bond motifs is 1. The molecule has 1 unspecified atom stereocenters. The Labute approximate surface area is 196 Å². The molecular formula is C24H27FN6O3. The van der Waals surface area contributed by atoms with E-state index in [2.05, 4.69) is 32.5 Å². The maximum atomic E-state index is 14.6. The highest BCUT2D eigenvalue weighted by Gasteiger charge is 2.20. The van der Waals surface area contributed by atoms with Gasteiger partial charge in [0.05, 0.1) is 24.6 Å². The Balaban J connectivity index is 1.72. The van der Waals surface area contributed by atoms with Crippen LogP contribution in [0.25, 0.3) is 0 Å². The highest BCUT2D eigenvalue weighted by Crippen LogP contribution is 2.34. The summed E-state index contributed by atoms with van der Waals surface area (Å²) in [5, 5.41) is 16.0. The van der Waals surface area contributed by atoms with Gasteiger partial charge in [-0.1, -0.05) is 12.1 Å². The molecule has 1 amide bonds. The van der Waals surface area contributed by atoms with Gasteiger partial charge >= 0.3 is 0 Å². The maximum Gasteiger partial charge on any atom is 0.254 e. The van der Waals surface area contributed by atoms with E-state index in [0.717, 1.165) is 25.1 Å². The molecule has 10 heteroatoms. The Morgan fingerprint density at radius 2 is 2.09 bits per heavy atom. The van der Waals surface area contributed by atoms with E-state index in [1.54, 1.807) is 13.2 Å². The number of carbonyl (C=O) groups is 1. The molecule has 9 nitrogen and oxygen atoms in total. The Bertz CT molecular complexity index is 1230. The monoisotopic (exact) mass is 466 g/mol. The van der Waals surface area contributed by atoms with Gasteiger partial charge in [0.2, 0.25) is 5.95 Å². The molecule has 0 fully saturated rings. The van der Waals surface area contributed by atoms with Crippen LogP contribution < -0.4 is 21.1 Å². The lowest BCUT2D eigenvalue weighted by atomic mass is 9.99. The number of methoxy groups -OCH3 is 1. The Morgan fingerprint density at radius 3 is 2.79 bits per heavy atom. The summed E-state index contributed by atoms with van der Waals surface area (Å²) in [6.07, 6.45) is 1.24. The summed E-state index contributed by atoms with van der Waals surface area (Å²) in [4.78, 5) is 22.8. The molecule has 2 heterocycles. The molecule has 3 aromatic rings. The topological polar surface area (TPSA) is 126 Å².